The smallest absolute Gasteiger partial charge is 0.162 e. The van der Waals surface area contributed by atoms with E-state index in [1.165, 1.54) is 30.7 Å². The molecule has 0 aromatic carbocycles. The van der Waals surface area contributed by atoms with Gasteiger partial charge in [0.25, 0.3) is 0 Å². The molecule has 4 aromatic heterocycles. The fourth-order valence-corrected chi connectivity index (χ4v) is 4.92. The van der Waals surface area contributed by atoms with Gasteiger partial charge in [-0.1, -0.05) is 13.8 Å². The van der Waals surface area contributed by atoms with Gasteiger partial charge in [-0.2, -0.15) is 0 Å². The summed E-state index contributed by atoms with van der Waals surface area (Å²) in [5.41, 5.74) is 3.47. The summed E-state index contributed by atoms with van der Waals surface area (Å²) in [5.74, 6) is 2.12. The molecule has 8 nitrogen and oxygen atoms in total. The molecule has 1 aliphatic heterocycles. The van der Waals surface area contributed by atoms with Crippen LogP contribution in [0.2, 0.25) is 0 Å². The van der Waals surface area contributed by atoms with Crippen LogP contribution in [0.1, 0.15) is 44.6 Å². The van der Waals surface area contributed by atoms with Crippen LogP contribution >= 0.6 is 0 Å². The number of piperidine rings is 1. The highest BCUT2D eigenvalue weighted by atomic mass is 19.1. The van der Waals surface area contributed by atoms with Crippen LogP contribution in [-0.2, 0) is 0 Å². The third-order valence-corrected chi connectivity index (χ3v) is 7.09. The van der Waals surface area contributed by atoms with Crippen LogP contribution in [0.25, 0.3) is 22.3 Å². The highest BCUT2D eigenvalue weighted by molar-refractivity contribution is 5.93. The molecule has 1 saturated carbocycles. The summed E-state index contributed by atoms with van der Waals surface area (Å²) < 4.78 is 13.6. The zero-order valence-electron chi connectivity index (χ0n) is 20.4. The second-order valence-corrected chi connectivity index (χ2v) is 10.4. The Morgan fingerprint density at radius 1 is 1.03 bits per heavy atom. The summed E-state index contributed by atoms with van der Waals surface area (Å²) in [6.45, 7) is 6.49. The van der Waals surface area contributed by atoms with E-state index in [1.54, 1.807) is 12.4 Å². The number of fused-ring (bicyclic) bond motifs is 1. The van der Waals surface area contributed by atoms with E-state index in [0.29, 0.717) is 23.2 Å². The molecule has 0 bridgehead atoms. The second kappa shape index (κ2) is 9.05. The molecule has 2 aliphatic rings. The lowest BCUT2D eigenvalue weighted by molar-refractivity contribution is 0.236. The van der Waals surface area contributed by atoms with Crippen LogP contribution in [0.15, 0.2) is 49.2 Å². The van der Waals surface area contributed by atoms with Crippen LogP contribution < -0.4 is 16.0 Å². The van der Waals surface area contributed by atoms with Crippen molar-refractivity contribution in [3.8, 4) is 11.4 Å². The van der Waals surface area contributed by atoms with E-state index >= 15 is 0 Å². The molecule has 5 heterocycles. The van der Waals surface area contributed by atoms with Crippen LogP contribution in [0.3, 0.4) is 0 Å². The van der Waals surface area contributed by atoms with E-state index in [2.05, 4.69) is 44.7 Å². The minimum absolute atomic E-state index is 0.0786. The highest BCUT2D eigenvalue weighted by Crippen LogP contribution is 2.44. The summed E-state index contributed by atoms with van der Waals surface area (Å²) in [4.78, 5) is 22.8. The third kappa shape index (κ3) is 4.58. The number of aromatic nitrogens is 5. The molecule has 1 saturated heterocycles. The number of nitrogens with one attached hydrogen (secondary N) is 3. The van der Waals surface area contributed by atoms with Crippen LogP contribution in [0.4, 0.5) is 21.7 Å². The Labute approximate surface area is 209 Å². The van der Waals surface area contributed by atoms with Gasteiger partial charge in [-0.05, 0) is 54.8 Å². The van der Waals surface area contributed by atoms with Crippen molar-refractivity contribution in [2.45, 2.75) is 45.1 Å². The van der Waals surface area contributed by atoms with Gasteiger partial charge in [0.15, 0.2) is 5.82 Å². The zero-order chi connectivity index (χ0) is 24.7. The molecule has 4 aromatic rings. The largest absolute Gasteiger partial charge is 0.366 e. The van der Waals surface area contributed by atoms with Crippen LogP contribution in [0.5, 0.6) is 0 Å². The number of nitrogens with zero attached hydrogens (tertiary/aromatic N) is 5. The molecule has 0 spiro atoms. The zero-order valence-corrected chi connectivity index (χ0v) is 20.4. The summed E-state index contributed by atoms with van der Waals surface area (Å²) in [6.07, 6.45) is 11.6. The highest BCUT2D eigenvalue weighted by Gasteiger charge is 2.34. The minimum atomic E-state index is -0.412. The van der Waals surface area contributed by atoms with Crippen molar-refractivity contribution in [1.29, 1.82) is 0 Å². The maximum atomic E-state index is 13.6. The number of hydrogen-bond acceptors (Lipinski definition) is 8. The molecule has 36 heavy (non-hydrogen) atoms. The van der Waals surface area contributed by atoms with Gasteiger partial charge in [0, 0.05) is 42.0 Å². The number of pyridine rings is 3. The first-order valence-corrected chi connectivity index (χ1v) is 12.4. The second-order valence-electron chi connectivity index (χ2n) is 10.4. The Kier molecular flexibility index (Phi) is 5.72. The molecular formula is C27H29FN8. The van der Waals surface area contributed by atoms with Crippen molar-refractivity contribution in [2.75, 3.05) is 23.7 Å². The normalized spacial score (nSPS) is 19.2. The van der Waals surface area contributed by atoms with Gasteiger partial charge in [0.1, 0.15) is 17.5 Å². The molecule has 0 amide bonds. The van der Waals surface area contributed by atoms with Crippen LogP contribution in [0, 0.1) is 11.2 Å². The topological polar surface area (TPSA) is 101 Å². The molecule has 2 fully saturated rings. The van der Waals surface area contributed by atoms with Gasteiger partial charge in [0.2, 0.25) is 0 Å². The molecular weight excluding hydrogens is 455 g/mol. The summed E-state index contributed by atoms with van der Waals surface area (Å²) in [5, 5.41) is 11.5. The predicted molar refractivity (Wildman–Crippen MR) is 139 cm³/mol. The lowest BCUT2D eigenvalue weighted by atomic mass is 9.80. The third-order valence-electron chi connectivity index (χ3n) is 7.09. The summed E-state index contributed by atoms with van der Waals surface area (Å²) >= 11 is 0. The number of anilines is 3. The molecule has 184 valence electrons. The maximum absolute atomic E-state index is 13.6. The Morgan fingerprint density at radius 2 is 1.89 bits per heavy atom. The Bertz CT molecular complexity index is 1420. The molecule has 1 atom stereocenters. The van der Waals surface area contributed by atoms with E-state index < -0.39 is 5.82 Å². The van der Waals surface area contributed by atoms with E-state index in [0.717, 1.165) is 41.8 Å². The number of rotatable bonds is 6. The Hall–Kier alpha value is -3.72. The SMILES string of the molecule is CC1(C)CNCCC1Nc1nc(-c2ccnc(Nc3cncc(F)c3)c2)nc2cncc(C3CC3)c12. The fourth-order valence-electron chi connectivity index (χ4n) is 4.92. The van der Waals surface area contributed by atoms with Gasteiger partial charge >= 0.3 is 0 Å². The molecule has 3 N–H and O–H groups in total. The first kappa shape index (κ1) is 22.7. The summed E-state index contributed by atoms with van der Waals surface area (Å²) in [7, 11) is 0. The molecule has 0 radical (unpaired) electrons. The fraction of sp³-hybridized carbons (Fsp3) is 0.370. The Balaban J connectivity index is 1.42. The van der Waals surface area contributed by atoms with E-state index in [9.17, 15) is 4.39 Å². The maximum Gasteiger partial charge on any atom is 0.162 e. The monoisotopic (exact) mass is 484 g/mol. The Morgan fingerprint density at radius 3 is 2.69 bits per heavy atom. The number of halogens is 1. The average molecular weight is 485 g/mol. The van der Waals surface area contributed by atoms with Gasteiger partial charge in [-0.25, -0.2) is 19.3 Å². The standard InChI is InChI=1S/C27H29FN8/c1-27(2)15-29-7-6-22(27)35-26-24-20(16-3-4-16)13-31-14-21(24)34-25(36-26)17-5-8-32-23(9-17)33-19-10-18(28)11-30-12-19/h5,8-14,16,22,29H,3-4,6-7,15H2,1-2H3,(H,32,33)(H,34,35,36). The van der Waals surface area contributed by atoms with Gasteiger partial charge < -0.3 is 16.0 Å². The van der Waals surface area contributed by atoms with Gasteiger partial charge in [0.05, 0.1) is 29.8 Å². The molecule has 9 heteroatoms. The van der Waals surface area contributed by atoms with Crippen molar-refractivity contribution in [1.82, 2.24) is 30.2 Å². The van der Waals surface area contributed by atoms with Gasteiger partial charge in [-0.15, -0.1) is 0 Å². The number of hydrogen-bond donors (Lipinski definition) is 3. The summed E-state index contributed by atoms with van der Waals surface area (Å²) in [6, 6.07) is 5.40. The van der Waals surface area contributed by atoms with Crippen molar-refractivity contribution in [2.24, 2.45) is 5.41 Å². The van der Waals surface area contributed by atoms with Crippen molar-refractivity contribution < 1.29 is 4.39 Å². The lowest BCUT2D eigenvalue weighted by Gasteiger charge is -2.40. The van der Waals surface area contributed by atoms with E-state index in [4.69, 9.17) is 9.97 Å². The van der Waals surface area contributed by atoms with E-state index in [1.807, 2.05) is 24.5 Å². The molecule has 6 rings (SSSR count). The quantitative estimate of drug-likeness (QED) is 0.350. The molecule has 1 unspecified atom stereocenters. The molecule has 1 aliphatic carbocycles. The first-order valence-electron chi connectivity index (χ1n) is 12.4. The first-order chi connectivity index (χ1) is 17.5. The average Bonchev–Trinajstić information content (AvgIpc) is 3.70. The minimum Gasteiger partial charge on any atom is -0.366 e. The van der Waals surface area contributed by atoms with Crippen LogP contribution in [-0.4, -0.2) is 44.1 Å². The van der Waals surface area contributed by atoms with E-state index in [-0.39, 0.29) is 11.5 Å². The van der Waals surface area contributed by atoms with Crippen molar-refractivity contribution >= 4 is 28.2 Å². The predicted octanol–water partition coefficient (Wildman–Crippen LogP) is 5.04. The van der Waals surface area contributed by atoms with Crippen molar-refractivity contribution in [3.05, 3.63) is 60.6 Å². The van der Waals surface area contributed by atoms with Gasteiger partial charge in [-0.3, -0.25) is 9.97 Å². The lowest BCUT2D eigenvalue weighted by Crippen LogP contribution is -2.49. The van der Waals surface area contributed by atoms with Crippen molar-refractivity contribution in [3.63, 3.8) is 0 Å².